The lowest BCUT2D eigenvalue weighted by atomic mass is 10.0. The van der Waals surface area contributed by atoms with Crippen LogP contribution in [0.4, 0.5) is 13.2 Å². The van der Waals surface area contributed by atoms with Crippen molar-refractivity contribution in [2.45, 2.75) is 6.18 Å². The van der Waals surface area contributed by atoms with Gasteiger partial charge >= 0.3 is 6.18 Å². The Hall–Kier alpha value is -0.0700. The van der Waals surface area contributed by atoms with Gasteiger partial charge in [0.15, 0.2) is 5.78 Å². The molecule has 0 saturated heterocycles. The molecule has 88 valence electrons. The molecule has 0 radical (unpaired) electrons. The molecule has 1 nitrogen and oxygen atoms in total. The minimum Gasteiger partial charge on any atom is -0.293 e. The van der Waals surface area contributed by atoms with E-state index in [0.717, 1.165) is 12.1 Å². The van der Waals surface area contributed by atoms with Crippen LogP contribution in [-0.2, 0) is 6.18 Å². The second-order valence-corrected chi connectivity index (χ2v) is 4.75. The molecular formula is C9H4Br2ClF3O. The minimum absolute atomic E-state index is 0.192. The Bertz CT molecular complexity index is 431. The quantitative estimate of drug-likeness (QED) is 0.537. The molecule has 0 heterocycles. The molecule has 7 heteroatoms. The van der Waals surface area contributed by atoms with Crippen molar-refractivity contribution < 1.29 is 18.0 Å². The van der Waals surface area contributed by atoms with E-state index >= 15 is 0 Å². The molecule has 0 aliphatic heterocycles. The number of hydrogen-bond acceptors (Lipinski definition) is 1. The number of carbonyl (C=O) groups excluding carboxylic acids is 1. The Morgan fingerprint density at radius 3 is 2.38 bits per heavy atom. The number of benzene rings is 1. The third-order valence-electron chi connectivity index (χ3n) is 1.76. The summed E-state index contributed by atoms with van der Waals surface area (Å²) < 4.78 is 38.3. The van der Waals surface area contributed by atoms with Gasteiger partial charge in [0.25, 0.3) is 0 Å². The number of rotatable bonds is 2. The molecule has 0 aliphatic rings. The Morgan fingerprint density at radius 1 is 1.38 bits per heavy atom. The SMILES string of the molecule is O=C(CBr)c1cc(Br)cc(Cl)c1C(F)(F)F. The molecule has 1 rings (SSSR count). The molecule has 0 aromatic heterocycles. The van der Waals surface area contributed by atoms with Gasteiger partial charge in [-0.25, -0.2) is 0 Å². The fraction of sp³-hybridized carbons (Fsp3) is 0.222. The van der Waals surface area contributed by atoms with E-state index < -0.39 is 28.1 Å². The minimum atomic E-state index is -4.65. The monoisotopic (exact) mass is 378 g/mol. The van der Waals surface area contributed by atoms with E-state index in [4.69, 9.17) is 11.6 Å². The first-order valence-corrected chi connectivity index (χ1v) is 6.22. The van der Waals surface area contributed by atoms with Crippen molar-refractivity contribution in [3.8, 4) is 0 Å². The summed E-state index contributed by atoms with van der Waals surface area (Å²) in [5.41, 5.74) is -1.54. The molecule has 0 unspecified atom stereocenters. The van der Waals surface area contributed by atoms with Crippen molar-refractivity contribution in [3.63, 3.8) is 0 Å². The van der Waals surface area contributed by atoms with Crippen molar-refractivity contribution >= 4 is 49.2 Å². The third-order valence-corrected chi connectivity index (χ3v) is 3.03. The number of hydrogen-bond donors (Lipinski definition) is 0. The highest BCUT2D eigenvalue weighted by Crippen LogP contribution is 2.39. The van der Waals surface area contributed by atoms with Crippen LogP contribution in [0, 0.1) is 0 Å². The zero-order chi connectivity index (χ0) is 12.5. The highest BCUT2D eigenvalue weighted by molar-refractivity contribution is 9.10. The Balaban J connectivity index is 3.51. The molecule has 0 spiro atoms. The van der Waals surface area contributed by atoms with Gasteiger partial charge < -0.3 is 0 Å². The molecule has 0 saturated carbocycles. The Morgan fingerprint density at radius 2 is 1.94 bits per heavy atom. The molecule has 0 aliphatic carbocycles. The molecule has 0 amide bonds. The summed E-state index contributed by atoms with van der Waals surface area (Å²) in [4.78, 5) is 11.4. The molecule has 1 aromatic rings. The highest BCUT2D eigenvalue weighted by atomic mass is 79.9. The summed E-state index contributed by atoms with van der Waals surface area (Å²) in [6.07, 6.45) is -4.65. The summed E-state index contributed by atoms with van der Waals surface area (Å²) in [6.45, 7) is 0. The van der Waals surface area contributed by atoms with Crippen molar-refractivity contribution in [3.05, 3.63) is 32.8 Å². The molecule has 0 atom stereocenters. The van der Waals surface area contributed by atoms with Crippen molar-refractivity contribution in [2.24, 2.45) is 0 Å². The first-order chi connectivity index (χ1) is 7.27. The van der Waals surface area contributed by atoms with Crippen LogP contribution in [0.3, 0.4) is 0 Å². The van der Waals surface area contributed by atoms with E-state index in [-0.39, 0.29) is 5.33 Å². The van der Waals surface area contributed by atoms with Gasteiger partial charge in [-0.05, 0) is 12.1 Å². The van der Waals surface area contributed by atoms with Crippen LogP contribution in [0.5, 0.6) is 0 Å². The topological polar surface area (TPSA) is 17.1 Å². The van der Waals surface area contributed by atoms with Gasteiger partial charge in [-0.2, -0.15) is 13.2 Å². The third kappa shape index (κ3) is 2.99. The number of halogens is 6. The van der Waals surface area contributed by atoms with Crippen molar-refractivity contribution in [1.82, 2.24) is 0 Å². The zero-order valence-corrected chi connectivity index (χ0v) is 11.5. The molecule has 16 heavy (non-hydrogen) atoms. The molecule has 0 fully saturated rings. The van der Waals surface area contributed by atoms with Gasteiger partial charge in [-0.3, -0.25) is 4.79 Å². The predicted octanol–water partition coefficient (Wildman–Crippen LogP) is 4.70. The van der Waals surface area contributed by atoms with Crippen LogP contribution in [0.15, 0.2) is 16.6 Å². The van der Waals surface area contributed by atoms with Crippen molar-refractivity contribution in [2.75, 3.05) is 5.33 Å². The first kappa shape index (κ1) is 14.0. The average Bonchev–Trinajstić information content (AvgIpc) is 2.12. The molecule has 0 N–H and O–H groups in total. The van der Waals surface area contributed by atoms with Crippen LogP contribution in [0.2, 0.25) is 5.02 Å². The number of Topliss-reactive ketones (excluding diaryl/α,β-unsaturated/α-hetero) is 1. The molecule has 0 bridgehead atoms. The van der Waals surface area contributed by atoms with Gasteiger partial charge in [0.2, 0.25) is 0 Å². The van der Waals surface area contributed by atoms with E-state index in [1.807, 2.05) is 0 Å². The lowest BCUT2D eigenvalue weighted by Crippen LogP contribution is -2.14. The maximum absolute atomic E-state index is 12.7. The molecule has 1 aromatic carbocycles. The van der Waals surface area contributed by atoms with Gasteiger partial charge in [0, 0.05) is 10.0 Å². The summed E-state index contributed by atoms with van der Waals surface area (Å²) in [6, 6.07) is 2.22. The van der Waals surface area contributed by atoms with E-state index in [9.17, 15) is 18.0 Å². The lowest BCUT2D eigenvalue weighted by molar-refractivity contribution is -0.137. The summed E-state index contributed by atoms with van der Waals surface area (Å²) >= 11 is 11.3. The van der Waals surface area contributed by atoms with Gasteiger partial charge in [0.1, 0.15) is 0 Å². The van der Waals surface area contributed by atoms with Crippen molar-refractivity contribution in [1.29, 1.82) is 0 Å². The van der Waals surface area contributed by atoms with E-state index in [1.54, 1.807) is 0 Å². The second kappa shape index (κ2) is 5.06. The Kier molecular flexibility index (Phi) is 4.42. The number of ketones is 1. The summed E-state index contributed by atoms with van der Waals surface area (Å²) in [5, 5.41) is -0.686. The van der Waals surface area contributed by atoms with Crippen LogP contribution in [0.1, 0.15) is 15.9 Å². The number of alkyl halides is 4. The maximum atomic E-state index is 12.7. The summed E-state index contributed by atoms with van der Waals surface area (Å²) in [7, 11) is 0. The Labute approximate surface area is 111 Å². The van der Waals surface area contributed by atoms with Gasteiger partial charge in [-0.1, -0.05) is 43.5 Å². The van der Waals surface area contributed by atoms with Crippen LogP contribution < -0.4 is 0 Å². The fourth-order valence-corrected chi connectivity index (χ4v) is 2.37. The fourth-order valence-electron chi connectivity index (χ4n) is 1.15. The predicted molar refractivity (Wildman–Crippen MR) is 62.3 cm³/mol. The highest BCUT2D eigenvalue weighted by Gasteiger charge is 2.37. The smallest absolute Gasteiger partial charge is 0.293 e. The lowest BCUT2D eigenvalue weighted by Gasteiger charge is -2.13. The standard InChI is InChI=1S/C9H4Br2ClF3O/c10-3-7(16)5-1-4(11)2-6(12)8(5)9(13,14)15/h1-2H,3H2. The molecular weight excluding hydrogens is 376 g/mol. The zero-order valence-electron chi connectivity index (χ0n) is 7.54. The van der Waals surface area contributed by atoms with Gasteiger partial charge in [-0.15, -0.1) is 0 Å². The first-order valence-electron chi connectivity index (χ1n) is 3.92. The van der Waals surface area contributed by atoms with Gasteiger partial charge in [0.05, 0.1) is 15.9 Å². The van der Waals surface area contributed by atoms with Crippen LogP contribution in [0.25, 0.3) is 0 Å². The van der Waals surface area contributed by atoms with Crippen LogP contribution >= 0.6 is 43.5 Å². The van der Waals surface area contributed by atoms with E-state index in [2.05, 4.69) is 31.9 Å². The second-order valence-electron chi connectivity index (χ2n) is 2.86. The van der Waals surface area contributed by atoms with Crippen LogP contribution in [-0.4, -0.2) is 11.1 Å². The van der Waals surface area contributed by atoms with E-state index in [1.165, 1.54) is 0 Å². The average molecular weight is 380 g/mol. The largest absolute Gasteiger partial charge is 0.418 e. The number of carbonyl (C=O) groups is 1. The summed E-state index contributed by atoms with van der Waals surface area (Å²) in [5.74, 6) is -0.671. The van der Waals surface area contributed by atoms with E-state index in [0.29, 0.717) is 4.47 Å². The maximum Gasteiger partial charge on any atom is 0.418 e. The normalized spacial score (nSPS) is 11.6.